The number of nitrogens with two attached hydrogens (primary N) is 1. The minimum absolute atomic E-state index is 0.187. The molecule has 1 rings (SSSR count). The van der Waals surface area contributed by atoms with Crippen molar-refractivity contribution in [2.24, 2.45) is 5.73 Å². The Morgan fingerprint density at radius 3 is 2.50 bits per heavy atom. The zero-order valence-corrected chi connectivity index (χ0v) is 12.7. The average Bonchev–Trinajstić information content (AvgIpc) is 2.35. The van der Waals surface area contributed by atoms with Crippen molar-refractivity contribution in [3.05, 3.63) is 34.3 Å². The van der Waals surface area contributed by atoms with E-state index in [0.717, 1.165) is 17.4 Å². The van der Waals surface area contributed by atoms with E-state index in [1.165, 1.54) is 5.56 Å². The first-order chi connectivity index (χ1) is 8.61. The molecule has 0 aliphatic heterocycles. The highest BCUT2D eigenvalue weighted by molar-refractivity contribution is 9.10. The van der Waals surface area contributed by atoms with Gasteiger partial charge in [-0.2, -0.15) is 0 Å². The van der Waals surface area contributed by atoms with Gasteiger partial charge in [0.1, 0.15) is 0 Å². The monoisotopic (exact) mass is 314 g/mol. The maximum absolute atomic E-state index is 9.01. The van der Waals surface area contributed by atoms with E-state index in [-0.39, 0.29) is 12.6 Å². The molecule has 4 heteroatoms. The van der Waals surface area contributed by atoms with Gasteiger partial charge in [-0.05, 0) is 31.9 Å². The summed E-state index contributed by atoms with van der Waals surface area (Å²) in [7, 11) is 0. The van der Waals surface area contributed by atoms with Gasteiger partial charge in [0.2, 0.25) is 0 Å². The van der Waals surface area contributed by atoms with Crippen molar-refractivity contribution in [2.45, 2.75) is 32.4 Å². The van der Waals surface area contributed by atoms with E-state index in [4.69, 9.17) is 10.8 Å². The normalized spacial score (nSPS) is 13.3. The maximum atomic E-state index is 9.01. The van der Waals surface area contributed by atoms with Crippen molar-refractivity contribution in [3.63, 3.8) is 0 Å². The smallest absolute Gasteiger partial charge is 0.0484 e. The third-order valence-corrected chi connectivity index (χ3v) is 3.85. The quantitative estimate of drug-likeness (QED) is 0.813. The summed E-state index contributed by atoms with van der Waals surface area (Å²) in [4.78, 5) is 2.34. The average molecular weight is 315 g/mol. The topological polar surface area (TPSA) is 49.5 Å². The molecule has 0 fully saturated rings. The molecule has 0 amide bonds. The Bertz CT molecular complexity index is 357. The Kier molecular flexibility index (Phi) is 6.86. The summed E-state index contributed by atoms with van der Waals surface area (Å²) < 4.78 is 1.09. The molecule has 0 aliphatic rings. The SMILES string of the molecule is CC(C)N(CCCO)C(CN)c1ccccc1Br. The molecular weight excluding hydrogens is 292 g/mol. The fraction of sp³-hybridized carbons (Fsp3) is 0.571. The lowest BCUT2D eigenvalue weighted by atomic mass is 10.0. The van der Waals surface area contributed by atoms with E-state index in [1.54, 1.807) is 0 Å². The van der Waals surface area contributed by atoms with Crippen LogP contribution in [0.15, 0.2) is 28.7 Å². The number of hydrogen-bond donors (Lipinski definition) is 2. The number of hydrogen-bond acceptors (Lipinski definition) is 3. The van der Waals surface area contributed by atoms with Crippen LogP contribution < -0.4 is 5.73 Å². The minimum atomic E-state index is 0.187. The molecule has 0 spiro atoms. The molecular formula is C14H23BrN2O. The predicted molar refractivity (Wildman–Crippen MR) is 79.5 cm³/mol. The van der Waals surface area contributed by atoms with Crippen molar-refractivity contribution < 1.29 is 5.11 Å². The van der Waals surface area contributed by atoms with Crippen molar-refractivity contribution in [1.82, 2.24) is 4.90 Å². The predicted octanol–water partition coefficient (Wildman–Crippen LogP) is 2.54. The van der Waals surface area contributed by atoms with Crippen LogP contribution in [-0.4, -0.2) is 35.7 Å². The third kappa shape index (κ3) is 4.05. The van der Waals surface area contributed by atoms with Crippen molar-refractivity contribution in [1.29, 1.82) is 0 Å². The van der Waals surface area contributed by atoms with E-state index < -0.39 is 0 Å². The van der Waals surface area contributed by atoms with Crippen LogP contribution in [0.1, 0.15) is 31.9 Å². The zero-order chi connectivity index (χ0) is 13.5. The largest absolute Gasteiger partial charge is 0.396 e. The second-order valence-corrected chi connectivity index (χ2v) is 5.54. The van der Waals surface area contributed by atoms with E-state index in [1.807, 2.05) is 18.2 Å². The van der Waals surface area contributed by atoms with Gasteiger partial charge in [0.15, 0.2) is 0 Å². The number of benzene rings is 1. The highest BCUT2D eigenvalue weighted by atomic mass is 79.9. The fourth-order valence-electron chi connectivity index (χ4n) is 2.21. The molecule has 0 aromatic heterocycles. The summed E-state index contributed by atoms with van der Waals surface area (Å²) in [5.74, 6) is 0. The Labute approximate surface area is 118 Å². The molecule has 0 heterocycles. The molecule has 0 aliphatic carbocycles. The molecule has 0 bridgehead atoms. The lowest BCUT2D eigenvalue weighted by Gasteiger charge is -2.35. The van der Waals surface area contributed by atoms with Gasteiger partial charge in [0.05, 0.1) is 0 Å². The summed E-state index contributed by atoms with van der Waals surface area (Å²) in [6.45, 7) is 5.98. The molecule has 3 nitrogen and oxygen atoms in total. The number of nitrogens with zero attached hydrogens (tertiary/aromatic N) is 1. The van der Waals surface area contributed by atoms with E-state index >= 15 is 0 Å². The summed E-state index contributed by atoms with van der Waals surface area (Å²) >= 11 is 3.59. The first-order valence-corrected chi connectivity index (χ1v) is 7.22. The summed E-state index contributed by atoms with van der Waals surface area (Å²) in [5.41, 5.74) is 7.17. The van der Waals surface area contributed by atoms with Gasteiger partial charge in [-0.15, -0.1) is 0 Å². The summed E-state index contributed by atoms with van der Waals surface area (Å²) in [5, 5.41) is 9.01. The molecule has 102 valence electrons. The second-order valence-electron chi connectivity index (χ2n) is 4.68. The van der Waals surface area contributed by atoms with Gasteiger partial charge in [-0.3, -0.25) is 4.90 Å². The lowest BCUT2D eigenvalue weighted by Crippen LogP contribution is -2.39. The Hall–Kier alpha value is -0.420. The van der Waals surface area contributed by atoms with Gasteiger partial charge >= 0.3 is 0 Å². The number of halogens is 1. The van der Waals surface area contributed by atoms with Gasteiger partial charge in [0.25, 0.3) is 0 Å². The maximum Gasteiger partial charge on any atom is 0.0484 e. The highest BCUT2D eigenvalue weighted by Crippen LogP contribution is 2.28. The van der Waals surface area contributed by atoms with Crippen LogP contribution in [0, 0.1) is 0 Å². The summed E-state index contributed by atoms with van der Waals surface area (Å²) in [6.07, 6.45) is 0.777. The van der Waals surface area contributed by atoms with E-state index in [2.05, 4.69) is 40.7 Å². The Morgan fingerprint density at radius 1 is 1.33 bits per heavy atom. The summed E-state index contributed by atoms with van der Waals surface area (Å²) in [6, 6.07) is 8.78. The fourth-order valence-corrected chi connectivity index (χ4v) is 2.76. The van der Waals surface area contributed by atoms with Crippen molar-refractivity contribution >= 4 is 15.9 Å². The molecule has 1 unspecified atom stereocenters. The molecule has 3 N–H and O–H groups in total. The first-order valence-electron chi connectivity index (χ1n) is 6.43. The van der Waals surface area contributed by atoms with E-state index in [0.29, 0.717) is 12.6 Å². The minimum Gasteiger partial charge on any atom is -0.396 e. The van der Waals surface area contributed by atoms with Crippen molar-refractivity contribution in [3.8, 4) is 0 Å². The van der Waals surface area contributed by atoms with Crippen molar-refractivity contribution in [2.75, 3.05) is 19.7 Å². The third-order valence-electron chi connectivity index (χ3n) is 3.13. The van der Waals surface area contributed by atoms with Gasteiger partial charge in [0, 0.05) is 36.3 Å². The molecule has 0 saturated carbocycles. The molecule has 0 saturated heterocycles. The van der Waals surface area contributed by atoms with Crippen LogP contribution in [0.3, 0.4) is 0 Å². The zero-order valence-electron chi connectivity index (χ0n) is 11.1. The number of rotatable bonds is 7. The van der Waals surface area contributed by atoms with Gasteiger partial charge in [-0.25, -0.2) is 0 Å². The molecule has 1 aromatic carbocycles. The molecule has 1 atom stereocenters. The lowest BCUT2D eigenvalue weighted by molar-refractivity contribution is 0.140. The van der Waals surface area contributed by atoms with Gasteiger partial charge < -0.3 is 10.8 Å². The van der Waals surface area contributed by atoms with Gasteiger partial charge in [-0.1, -0.05) is 34.1 Å². The van der Waals surface area contributed by atoms with Crippen LogP contribution in [0.4, 0.5) is 0 Å². The van der Waals surface area contributed by atoms with Crippen LogP contribution in [-0.2, 0) is 0 Å². The molecule has 1 aromatic rings. The van der Waals surface area contributed by atoms with E-state index in [9.17, 15) is 0 Å². The molecule has 18 heavy (non-hydrogen) atoms. The highest BCUT2D eigenvalue weighted by Gasteiger charge is 2.22. The number of aliphatic hydroxyl groups is 1. The second kappa shape index (κ2) is 7.89. The number of aliphatic hydroxyl groups excluding tert-OH is 1. The van der Waals surface area contributed by atoms with Crippen LogP contribution in [0.5, 0.6) is 0 Å². The molecule has 0 radical (unpaired) electrons. The Balaban J connectivity index is 2.95. The Morgan fingerprint density at radius 2 is 2.00 bits per heavy atom. The standard InChI is InChI=1S/C14H23BrN2O/c1-11(2)17(8-5-9-18)14(10-16)12-6-3-4-7-13(12)15/h3-4,6-7,11,14,18H,5,8-10,16H2,1-2H3. The first kappa shape index (κ1) is 15.6. The van der Waals surface area contributed by atoms with Crippen LogP contribution >= 0.6 is 15.9 Å². The van der Waals surface area contributed by atoms with Crippen LogP contribution in [0.2, 0.25) is 0 Å². The van der Waals surface area contributed by atoms with Crippen LogP contribution in [0.25, 0.3) is 0 Å².